The molecule has 3 aromatic carbocycles. The molecule has 1 aromatic heterocycles. The van der Waals surface area contributed by atoms with Gasteiger partial charge in [-0.25, -0.2) is 9.37 Å². The molecule has 0 bridgehead atoms. The van der Waals surface area contributed by atoms with Gasteiger partial charge in [0.2, 0.25) is 11.8 Å². The van der Waals surface area contributed by atoms with Gasteiger partial charge in [0, 0.05) is 24.3 Å². The topological polar surface area (TPSA) is 67.2 Å². The Balaban J connectivity index is 1.29. The highest BCUT2D eigenvalue weighted by atomic mass is 19.1. The van der Waals surface area contributed by atoms with Crippen molar-refractivity contribution in [3.63, 3.8) is 0 Å². The van der Waals surface area contributed by atoms with Crippen LogP contribution in [0, 0.1) is 11.7 Å². The Morgan fingerprint density at radius 1 is 1.00 bits per heavy atom. The smallest absolute Gasteiger partial charge is 0.229 e. The number of hydrogen-bond acceptors (Lipinski definition) is 3. The first-order chi connectivity index (χ1) is 15.1. The normalized spacial score (nSPS) is 16.1. The first-order valence-corrected chi connectivity index (χ1v) is 9.98. The SMILES string of the molecule is O=C(Nc1ccc(-n2cnc3ccccc32)cc1)[C@@H]1CC(=O)N(c2ccccc2F)C1. The lowest BCUT2D eigenvalue weighted by Gasteiger charge is -2.17. The monoisotopic (exact) mass is 414 g/mol. The van der Waals surface area contributed by atoms with Crippen LogP contribution in [0.4, 0.5) is 15.8 Å². The van der Waals surface area contributed by atoms with Crippen molar-refractivity contribution in [2.45, 2.75) is 6.42 Å². The second kappa shape index (κ2) is 7.68. The number of aromatic nitrogens is 2. The lowest BCUT2D eigenvalue weighted by molar-refractivity contribution is -0.122. The minimum atomic E-state index is -0.538. The van der Waals surface area contributed by atoms with Gasteiger partial charge in [0.05, 0.1) is 22.6 Å². The minimum Gasteiger partial charge on any atom is -0.326 e. The molecular weight excluding hydrogens is 395 g/mol. The maximum atomic E-state index is 14.0. The van der Waals surface area contributed by atoms with Gasteiger partial charge in [0.15, 0.2) is 0 Å². The third-order valence-corrected chi connectivity index (χ3v) is 5.51. The van der Waals surface area contributed by atoms with Crippen LogP contribution in [0.2, 0.25) is 0 Å². The number of halogens is 1. The molecule has 1 fully saturated rings. The number of benzene rings is 3. The number of amides is 2. The van der Waals surface area contributed by atoms with Gasteiger partial charge in [-0.3, -0.25) is 14.2 Å². The standard InChI is InChI=1S/C24H19FN4O2/c25-19-5-1-3-7-21(19)28-14-16(13-23(28)30)24(31)27-17-9-11-18(12-10-17)29-15-26-20-6-2-4-8-22(20)29/h1-12,15-16H,13-14H2,(H,27,31)/t16-/m1/s1. The van der Waals surface area contributed by atoms with Crippen molar-refractivity contribution in [2.75, 3.05) is 16.8 Å². The number of fused-ring (bicyclic) bond motifs is 1. The van der Waals surface area contributed by atoms with Crippen molar-refractivity contribution in [2.24, 2.45) is 5.92 Å². The van der Waals surface area contributed by atoms with Gasteiger partial charge < -0.3 is 10.2 Å². The third-order valence-electron chi connectivity index (χ3n) is 5.51. The van der Waals surface area contributed by atoms with Crippen molar-refractivity contribution in [3.05, 3.63) is 84.9 Å². The van der Waals surface area contributed by atoms with Crippen LogP contribution in [0.25, 0.3) is 16.7 Å². The van der Waals surface area contributed by atoms with Crippen molar-refractivity contribution in [1.82, 2.24) is 9.55 Å². The van der Waals surface area contributed by atoms with Crippen molar-refractivity contribution in [3.8, 4) is 5.69 Å². The van der Waals surface area contributed by atoms with Crippen LogP contribution in [-0.2, 0) is 9.59 Å². The molecular formula is C24H19FN4O2. The van der Waals surface area contributed by atoms with Gasteiger partial charge in [-0.05, 0) is 48.5 Å². The maximum absolute atomic E-state index is 14.0. The molecule has 4 aromatic rings. The Morgan fingerprint density at radius 2 is 1.74 bits per heavy atom. The van der Waals surface area contributed by atoms with Gasteiger partial charge in [-0.2, -0.15) is 0 Å². The molecule has 1 N–H and O–H groups in total. The molecule has 1 aliphatic rings. The lowest BCUT2D eigenvalue weighted by atomic mass is 10.1. The maximum Gasteiger partial charge on any atom is 0.229 e. The third kappa shape index (κ3) is 3.54. The summed E-state index contributed by atoms with van der Waals surface area (Å²) in [4.78, 5) is 30.8. The van der Waals surface area contributed by atoms with E-state index in [1.165, 1.54) is 11.0 Å². The van der Waals surface area contributed by atoms with E-state index in [1.54, 1.807) is 24.5 Å². The number of nitrogens with one attached hydrogen (secondary N) is 1. The molecule has 0 saturated carbocycles. The molecule has 0 unspecified atom stereocenters. The number of hydrogen-bond donors (Lipinski definition) is 1. The number of carbonyl (C=O) groups excluding carboxylic acids is 2. The van der Waals surface area contributed by atoms with E-state index in [0.717, 1.165) is 16.7 Å². The van der Waals surface area contributed by atoms with Gasteiger partial charge in [0.25, 0.3) is 0 Å². The van der Waals surface area contributed by atoms with Gasteiger partial charge in [-0.1, -0.05) is 24.3 Å². The van der Waals surface area contributed by atoms with E-state index in [0.29, 0.717) is 5.69 Å². The molecule has 5 rings (SSSR count). The van der Waals surface area contributed by atoms with Crippen LogP contribution in [0.5, 0.6) is 0 Å². The number of para-hydroxylation sites is 3. The predicted molar refractivity (Wildman–Crippen MR) is 117 cm³/mol. The summed E-state index contributed by atoms with van der Waals surface area (Å²) in [5.74, 6) is -1.52. The summed E-state index contributed by atoms with van der Waals surface area (Å²) < 4.78 is 16.0. The Morgan fingerprint density at radius 3 is 2.55 bits per heavy atom. The summed E-state index contributed by atoms with van der Waals surface area (Å²) in [6, 6.07) is 21.4. The van der Waals surface area contributed by atoms with Gasteiger partial charge >= 0.3 is 0 Å². The molecule has 1 saturated heterocycles. The Bertz CT molecular complexity index is 1280. The van der Waals surface area contributed by atoms with E-state index in [1.807, 2.05) is 53.1 Å². The van der Waals surface area contributed by atoms with Crippen LogP contribution in [0.3, 0.4) is 0 Å². The quantitative estimate of drug-likeness (QED) is 0.545. The van der Waals surface area contributed by atoms with Crippen molar-refractivity contribution >= 4 is 34.2 Å². The highest BCUT2D eigenvalue weighted by molar-refractivity contribution is 6.03. The lowest BCUT2D eigenvalue weighted by Crippen LogP contribution is -2.28. The van der Waals surface area contributed by atoms with Crippen LogP contribution >= 0.6 is 0 Å². The summed E-state index contributed by atoms with van der Waals surface area (Å²) in [5.41, 5.74) is 3.67. The summed E-state index contributed by atoms with van der Waals surface area (Å²) in [5, 5.41) is 2.86. The molecule has 31 heavy (non-hydrogen) atoms. The van der Waals surface area contributed by atoms with Crippen molar-refractivity contribution in [1.29, 1.82) is 0 Å². The second-order valence-corrected chi connectivity index (χ2v) is 7.50. The summed E-state index contributed by atoms with van der Waals surface area (Å²) in [7, 11) is 0. The second-order valence-electron chi connectivity index (χ2n) is 7.50. The first kappa shape index (κ1) is 19.0. The van der Waals surface area contributed by atoms with E-state index in [9.17, 15) is 14.0 Å². The molecule has 0 spiro atoms. The summed E-state index contributed by atoms with van der Waals surface area (Å²) in [6.07, 6.45) is 1.82. The average Bonchev–Trinajstić information content (AvgIpc) is 3.39. The largest absolute Gasteiger partial charge is 0.326 e. The number of nitrogens with zero attached hydrogens (tertiary/aromatic N) is 3. The highest BCUT2D eigenvalue weighted by Crippen LogP contribution is 2.28. The van der Waals surface area contributed by atoms with E-state index < -0.39 is 11.7 Å². The molecule has 1 aliphatic heterocycles. The molecule has 0 aliphatic carbocycles. The van der Waals surface area contributed by atoms with Gasteiger partial charge in [0.1, 0.15) is 12.1 Å². The van der Waals surface area contributed by atoms with Crippen molar-refractivity contribution < 1.29 is 14.0 Å². The summed E-state index contributed by atoms with van der Waals surface area (Å²) >= 11 is 0. The average molecular weight is 414 g/mol. The van der Waals surface area contributed by atoms with Crippen LogP contribution in [-0.4, -0.2) is 27.9 Å². The Hall–Kier alpha value is -4.00. The molecule has 6 nitrogen and oxygen atoms in total. The number of carbonyl (C=O) groups is 2. The Kier molecular flexibility index (Phi) is 4.71. The highest BCUT2D eigenvalue weighted by Gasteiger charge is 2.36. The predicted octanol–water partition coefficient (Wildman–Crippen LogP) is 4.16. The number of anilines is 2. The zero-order chi connectivity index (χ0) is 21.4. The number of rotatable bonds is 4. The molecule has 2 amide bonds. The zero-order valence-corrected chi connectivity index (χ0v) is 16.5. The van der Waals surface area contributed by atoms with E-state index >= 15 is 0 Å². The van der Waals surface area contributed by atoms with Crippen LogP contribution in [0.15, 0.2) is 79.1 Å². The zero-order valence-electron chi connectivity index (χ0n) is 16.5. The number of imidazole rings is 1. The minimum absolute atomic E-state index is 0.0548. The van der Waals surface area contributed by atoms with E-state index in [2.05, 4.69) is 10.3 Å². The summed E-state index contributed by atoms with van der Waals surface area (Å²) in [6.45, 7) is 0.157. The van der Waals surface area contributed by atoms with E-state index in [-0.39, 0.29) is 30.5 Å². The fourth-order valence-corrected chi connectivity index (χ4v) is 3.90. The molecule has 1 atom stereocenters. The van der Waals surface area contributed by atoms with E-state index in [4.69, 9.17) is 0 Å². The van der Waals surface area contributed by atoms with Gasteiger partial charge in [-0.15, -0.1) is 0 Å². The molecule has 0 radical (unpaired) electrons. The fourth-order valence-electron chi connectivity index (χ4n) is 3.90. The van der Waals surface area contributed by atoms with Crippen LogP contribution in [0.1, 0.15) is 6.42 Å². The Labute approximate surface area is 177 Å². The molecule has 2 heterocycles. The fraction of sp³-hybridized carbons (Fsp3) is 0.125. The molecule has 7 heteroatoms. The molecule has 154 valence electrons. The van der Waals surface area contributed by atoms with Crippen LogP contribution < -0.4 is 10.2 Å². The first-order valence-electron chi connectivity index (χ1n) is 9.98.